The first kappa shape index (κ1) is 28.8. The quantitative estimate of drug-likeness (QED) is 0.373. The fourth-order valence-corrected chi connectivity index (χ4v) is 5.96. The zero-order chi connectivity index (χ0) is 28.8. The Morgan fingerprint density at radius 1 is 0.951 bits per heavy atom. The van der Waals surface area contributed by atoms with Gasteiger partial charge in [-0.25, -0.2) is 4.39 Å². The third kappa shape index (κ3) is 6.60. The lowest BCUT2D eigenvalue weighted by molar-refractivity contribution is -0.124. The molecule has 5 rings (SSSR count). The molecule has 41 heavy (non-hydrogen) atoms. The average molecular weight is 559 g/mol. The molecular weight excluding hydrogens is 519 g/mol. The number of amides is 2. The highest BCUT2D eigenvalue weighted by Crippen LogP contribution is 2.44. The van der Waals surface area contributed by atoms with Crippen molar-refractivity contribution < 1.29 is 18.7 Å². The number of nitrogens with zero attached hydrogens (tertiary/aromatic N) is 3. The van der Waals surface area contributed by atoms with Gasteiger partial charge in [-0.3, -0.25) is 9.59 Å². The molecule has 2 heterocycles. The Morgan fingerprint density at radius 2 is 1.63 bits per heavy atom. The molecule has 1 N–H and O–H groups in total. The molecule has 2 atom stereocenters. The fourth-order valence-electron chi connectivity index (χ4n) is 5.96. The van der Waals surface area contributed by atoms with Gasteiger partial charge < -0.3 is 24.8 Å². The maximum Gasteiger partial charge on any atom is 0.255 e. The number of ether oxygens (including phenoxy) is 1. The van der Waals surface area contributed by atoms with Crippen LogP contribution in [-0.4, -0.2) is 79.4 Å². The molecule has 3 aromatic carbocycles. The number of benzene rings is 3. The molecule has 2 amide bonds. The summed E-state index contributed by atoms with van der Waals surface area (Å²) >= 11 is 0. The maximum absolute atomic E-state index is 14.0. The second kappa shape index (κ2) is 13.3. The van der Waals surface area contributed by atoms with Gasteiger partial charge in [-0.1, -0.05) is 49.4 Å². The van der Waals surface area contributed by atoms with E-state index in [-0.39, 0.29) is 24.2 Å². The van der Waals surface area contributed by atoms with Gasteiger partial charge in [0.05, 0.1) is 19.1 Å². The van der Waals surface area contributed by atoms with Crippen molar-refractivity contribution in [2.75, 3.05) is 52.9 Å². The fraction of sp³-hybridized carbons (Fsp3) is 0.394. The Morgan fingerprint density at radius 3 is 2.32 bits per heavy atom. The van der Waals surface area contributed by atoms with Crippen LogP contribution in [0.15, 0.2) is 72.8 Å². The van der Waals surface area contributed by atoms with E-state index in [4.69, 9.17) is 4.74 Å². The maximum atomic E-state index is 14.0. The predicted octanol–water partition coefficient (Wildman–Crippen LogP) is 4.46. The Hall–Kier alpha value is -3.75. The molecule has 7 nitrogen and oxygen atoms in total. The van der Waals surface area contributed by atoms with E-state index in [0.29, 0.717) is 17.9 Å². The number of halogens is 1. The second-order valence-corrected chi connectivity index (χ2v) is 10.8. The van der Waals surface area contributed by atoms with E-state index < -0.39 is 12.0 Å². The van der Waals surface area contributed by atoms with Gasteiger partial charge in [-0.2, -0.15) is 0 Å². The molecule has 3 aromatic rings. The van der Waals surface area contributed by atoms with Crippen LogP contribution in [0.3, 0.4) is 0 Å². The van der Waals surface area contributed by atoms with Crippen LogP contribution in [0.2, 0.25) is 0 Å². The van der Waals surface area contributed by atoms with Gasteiger partial charge >= 0.3 is 0 Å². The number of rotatable bonds is 10. The van der Waals surface area contributed by atoms with Crippen molar-refractivity contribution in [1.29, 1.82) is 0 Å². The van der Waals surface area contributed by atoms with Crippen molar-refractivity contribution in [1.82, 2.24) is 20.0 Å². The topological polar surface area (TPSA) is 65.1 Å². The molecule has 0 unspecified atom stereocenters. The second-order valence-electron chi connectivity index (χ2n) is 10.8. The predicted molar refractivity (Wildman–Crippen MR) is 157 cm³/mol. The van der Waals surface area contributed by atoms with Crippen LogP contribution in [0.4, 0.5) is 4.39 Å². The van der Waals surface area contributed by atoms with Crippen LogP contribution in [0.1, 0.15) is 52.4 Å². The van der Waals surface area contributed by atoms with Crippen molar-refractivity contribution in [3.63, 3.8) is 0 Å². The lowest BCUT2D eigenvalue weighted by Crippen LogP contribution is -2.48. The summed E-state index contributed by atoms with van der Waals surface area (Å²) in [5.41, 5.74) is 2.87. The Balaban J connectivity index is 1.40. The monoisotopic (exact) mass is 558 g/mol. The smallest absolute Gasteiger partial charge is 0.255 e. The van der Waals surface area contributed by atoms with Crippen molar-refractivity contribution in [3.8, 4) is 5.75 Å². The highest BCUT2D eigenvalue weighted by molar-refractivity contribution is 6.01. The van der Waals surface area contributed by atoms with Crippen LogP contribution in [-0.2, 0) is 11.3 Å². The van der Waals surface area contributed by atoms with Gasteiger partial charge in [0, 0.05) is 44.8 Å². The number of hydrogen-bond acceptors (Lipinski definition) is 5. The third-order valence-corrected chi connectivity index (χ3v) is 8.31. The minimum atomic E-state index is -0.606. The molecule has 0 saturated carbocycles. The summed E-state index contributed by atoms with van der Waals surface area (Å²) in [5.74, 6) is -0.500. The summed E-state index contributed by atoms with van der Waals surface area (Å²) in [6.07, 6.45) is 0.859. The Kier molecular flexibility index (Phi) is 9.31. The SMILES string of the molecule is CCN1CCN(CCCNC(=O)[C@H]2c3ccccc3C(=O)N(Cc3ccc(F)cc3)[C@H]2c2ccc(OC)cc2)CC1. The van der Waals surface area contributed by atoms with Gasteiger partial charge in [-0.05, 0) is 66.5 Å². The van der Waals surface area contributed by atoms with E-state index >= 15 is 0 Å². The Bertz CT molecular complexity index is 1320. The Labute approximate surface area is 241 Å². The van der Waals surface area contributed by atoms with Crippen LogP contribution < -0.4 is 10.1 Å². The average Bonchev–Trinajstić information content (AvgIpc) is 3.01. The van der Waals surface area contributed by atoms with E-state index in [1.54, 1.807) is 30.2 Å². The number of piperazine rings is 1. The first-order valence-electron chi connectivity index (χ1n) is 14.5. The molecular formula is C33H39FN4O3. The van der Waals surface area contributed by atoms with Crippen molar-refractivity contribution in [3.05, 3.63) is 101 Å². The van der Waals surface area contributed by atoms with Crippen molar-refractivity contribution in [2.24, 2.45) is 0 Å². The van der Waals surface area contributed by atoms with E-state index in [9.17, 15) is 14.0 Å². The molecule has 216 valence electrons. The van der Waals surface area contributed by atoms with Gasteiger partial charge in [0.1, 0.15) is 11.6 Å². The normalized spacial score (nSPS) is 19.6. The molecule has 0 radical (unpaired) electrons. The molecule has 0 spiro atoms. The highest BCUT2D eigenvalue weighted by atomic mass is 19.1. The highest BCUT2D eigenvalue weighted by Gasteiger charge is 2.44. The number of nitrogens with one attached hydrogen (secondary N) is 1. The van der Waals surface area contributed by atoms with Crippen molar-refractivity contribution >= 4 is 11.8 Å². The van der Waals surface area contributed by atoms with E-state index in [0.717, 1.165) is 62.4 Å². The molecule has 2 aliphatic heterocycles. The largest absolute Gasteiger partial charge is 0.497 e. The lowest BCUT2D eigenvalue weighted by atomic mass is 9.79. The zero-order valence-corrected chi connectivity index (χ0v) is 23.9. The van der Waals surface area contributed by atoms with Gasteiger partial charge in [0.15, 0.2) is 0 Å². The lowest BCUT2D eigenvalue weighted by Gasteiger charge is -2.42. The third-order valence-electron chi connectivity index (χ3n) is 8.31. The number of hydrogen-bond donors (Lipinski definition) is 1. The van der Waals surface area contributed by atoms with Gasteiger partial charge in [0.25, 0.3) is 5.91 Å². The van der Waals surface area contributed by atoms with E-state index in [1.165, 1.54) is 12.1 Å². The van der Waals surface area contributed by atoms with Crippen molar-refractivity contribution in [2.45, 2.75) is 31.8 Å². The molecule has 0 bridgehead atoms. The summed E-state index contributed by atoms with van der Waals surface area (Å²) < 4.78 is 19.0. The minimum Gasteiger partial charge on any atom is -0.497 e. The first-order valence-corrected chi connectivity index (χ1v) is 14.5. The summed E-state index contributed by atoms with van der Waals surface area (Å²) in [6, 6.07) is 20.5. The molecule has 8 heteroatoms. The van der Waals surface area contributed by atoms with Crippen LogP contribution in [0.5, 0.6) is 5.75 Å². The first-order chi connectivity index (χ1) is 20.0. The van der Waals surface area contributed by atoms with Crippen LogP contribution >= 0.6 is 0 Å². The molecule has 1 fully saturated rings. The number of likely N-dealkylation sites (N-methyl/N-ethyl adjacent to an activating group) is 1. The summed E-state index contributed by atoms with van der Waals surface area (Å²) in [7, 11) is 1.61. The van der Waals surface area contributed by atoms with Crippen LogP contribution in [0.25, 0.3) is 0 Å². The molecule has 1 saturated heterocycles. The molecule has 0 aliphatic carbocycles. The van der Waals surface area contributed by atoms with E-state index in [1.807, 2.05) is 42.5 Å². The summed E-state index contributed by atoms with van der Waals surface area (Å²) in [5, 5.41) is 3.19. The van der Waals surface area contributed by atoms with E-state index in [2.05, 4.69) is 22.0 Å². The summed E-state index contributed by atoms with van der Waals surface area (Å²) in [4.78, 5) is 34.6. The standard InChI is InChI=1S/C33H39FN4O3/c1-3-36-19-21-37(22-20-36)18-6-17-35-32(39)30-28-7-4-5-8-29(28)33(40)38(23-24-9-13-26(34)14-10-24)31(30)25-11-15-27(41-2)16-12-25/h4-5,7-16,30-31H,3,6,17-23H2,1-2H3,(H,35,39)/t30-,31-/m0/s1. The van der Waals surface area contributed by atoms with Gasteiger partial charge in [-0.15, -0.1) is 0 Å². The van der Waals surface area contributed by atoms with Crippen LogP contribution in [0, 0.1) is 5.82 Å². The zero-order valence-electron chi connectivity index (χ0n) is 23.9. The molecule has 0 aromatic heterocycles. The number of carbonyl (C=O) groups is 2. The minimum absolute atomic E-state index is 0.106. The summed E-state index contributed by atoms with van der Waals surface area (Å²) in [6.45, 7) is 9.31. The number of methoxy groups -OCH3 is 1. The number of fused-ring (bicyclic) bond motifs is 1. The molecule has 2 aliphatic rings. The van der Waals surface area contributed by atoms with Gasteiger partial charge in [0.2, 0.25) is 5.91 Å². The number of carbonyl (C=O) groups excluding carboxylic acids is 2.